The Balaban J connectivity index is 1.80. The fraction of sp³-hybridized carbons (Fsp3) is 0.231. The van der Waals surface area contributed by atoms with Crippen LogP contribution in [0.1, 0.15) is 32.7 Å². The van der Waals surface area contributed by atoms with E-state index in [2.05, 4.69) is 20.9 Å². The Morgan fingerprint density at radius 3 is 2.41 bits per heavy atom. The highest BCUT2D eigenvalue weighted by molar-refractivity contribution is 6.30. The molecule has 3 rings (SSSR count). The molecule has 0 atom stereocenters. The van der Waals surface area contributed by atoms with Crippen LogP contribution in [0.4, 0.5) is 11.5 Å². The number of nitrogens with zero attached hydrogens (tertiary/aromatic N) is 2. The van der Waals surface area contributed by atoms with Gasteiger partial charge >= 0.3 is 0 Å². The van der Waals surface area contributed by atoms with Crippen LogP contribution < -0.4 is 26.4 Å². The molecule has 2 amide bonds. The van der Waals surface area contributed by atoms with Crippen molar-refractivity contribution >= 4 is 40.8 Å². The Hall–Kier alpha value is -3.99. The number of pyridine rings is 1. The van der Waals surface area contributed by atoms with Gasteiger partial charge in [0, 0.05) is 31.4 Å². The van der Waals surface area contributed by atoms with Crippen molar-refractivity contribution in [3.63, 3.8) is 0 Å². The van der Waals surface area contributed by atoms with E-state index in [1.807, 2.05) is 0 Å². The van der Waals surface area contributed by atoms with Crippen molar-refractivity contribution in [2.75, 3.05) is 44.5 Å². The molecular weight excluding hydrogens is 494 g/mol. The third-order valence-corrected chi connectivity index (χ3v) is 5.44. The van der Waals surface area contributed by atoms with Crippen LogP contribution in [0, 0.1) is 5.41 Å². The normalized spacial score (nSPS) is 10.5. The lowest BCUT2D eigenvalue weighted by atomic mass is 10.1. The van der Waals surface area contributed by atoms with Crippen molar-refractivity contribution in [3.05, 3.63) is 82.5 Å². The van der Waals surface area contributed by atoms with Gasteiger partial charge in [0.15, 0.2) is 0 Å². The molecule has 0 bridgehead atoms. The van der Waals surface area contributed by atoms with Gasteiger partial charge < -0.3 is 26.0 Å². The van der Waals surface area contributed by atoms with Crippen LogP contribution in [0.25, 0.3) is 0 Å². The number of halogens is 1. The lowest BCUT2D eigenvalue weighted by molar-refractivity contribution is 0.102. The first-order chi connectivity index (χ1) is 17.8. The number of amidine groups is 1. The summed E-state index contributed by atoms with van der Waals surface area (Å²) in [6.45, 7) is 1.51. The van der Waals surface area contributed by atoms with Gasteiger partial charge in [0.2, 0.25) is 0 Å². The van der Waals surface area contributed by atoms with Crippen LogP contribution in [0.15, 0.2) is 60.8 Å². The Morgan fingerprint density at radius 2 is 1.76 bits per heavy atom. The summed E-state index contributed by atoms with van der Waals surface area (Å²) in [7, 11) is 3.55. The van der Waals surface area contributed by atoms with E-state index in [9.17, 15) is 9.59 Å². The van der Waals surface area contributed by atoms with E-state index < -0.39 is 11.8 Å². The molecule has 10 nitrogen and oxygen atoms in total. The van der Waals surface area contributed by atoms with Gasteiger partial charge in [0.1, 0.15) is 24.1 Å². The molecule has 0 aliphatic rings. The number of anilines is 2. The molecule has 1 heterocycles. The highest BCUT2D eigenvalue weighted by atomic mass is 35.5. The van der Waals surface area contributed by atoms with Crippen LogP contribution >= 0.6 is 11.6 Å². The molecule has 3 aromatic rings. The second-order valence-electron chi connectivity index (χ2n) is 8.23. The quantitative estimate of drug-likeness (QED) is 0.112. The van der Waals surface area contributed by atoms with E-state index in [-0.39, 0.29) is 12.3 Å². The van der Waals surface area contributed by atoms with Gasteiger partial charge in [0.25, 0.3) is 11.8 Å². The van der Waals surface area contributed by atoms with Gasteiger partial charge in [-0.15, -0.1) is 0 Å². The van der Waals surface area contributed by atoms with Crippen molar-refractivity contribution in [2.45, 2.75) is 6.42 Å². The molecule has 0 spiro atoms. The summed E-state index contributed by atoms with van der Waals surface area (Å²) >= 11 is 5.88. The summed E-state index contributed by atoms with van der Waals surface area (Å²) in [5, 5.41) is 17.1. The zero-order chi connectivity index (χ0) is 26.8. The lowest BCUT2D eigenvalue weighted by Crippen LogP contribution is -2.23. The number of ether oxygens (including phenoxy) is 1. The smallest absolute Gasteiger partial charge is 0.259 e. The SMILES string of the molecule is CN(C)C(=N)c1ccc(C(=O)Nc2ccc(OCNCCCN)cc2C(=O)Nc2ccc(Cl)cn2)cc1. The van der Waals surface area contributed by atoms with Gasteiger partial charge in [-0.05, 0) is 62.0 Å². The summed E-state index contributed by atoms with van der Waals surface area (Å²) in [6.07, 6.45) is 2.24. The van der Waals surface area contributed by atoms with Crippen molar-refractivity contribution < 1.29 is 14.3 Å². The van der Waals surface area contributed by atoms with Crippen LogP contribution in [0.3, 0.4) is 0 Å². The fourth-order valence-corrected chi connectivity index (χ4v) is 3.32. The van der Waals surface area contributed by atoms with Crippen molar-refractivity contribution in [1.29, 1.82) is 5.41 Å². The number of hydrogen-bond donors (Lipinski definition) is 5. The second-order valence-corrected chi connectivity index (χ2v) is 8.67. The number of hydrogen-bond acceptors (Lipinski definition) is 7. The van der Waals surface area contributed by atoms with Crippen molar-refractivity contribution in [2.24, 2.45) is 5.73 Å². The first-order valence-corrected chi connectivity index (χ1v) is 11.9. The summed E-state index contributed by atoms with van der Waals surface area (Å²) in [4.78, 5) is 31.9. The van der Waals surface area contributed by atoms with Gasteiger partial charge in [-0.1, -0.05) is 23.7 Å². The average molecular weight is 524 g/mol. The summed E-state index contributed by atoms with van der Waals surface area (Å²) in [6, 6.07) is 14.7. The minimum Gasteiger partial charge on any atom is -0.478 e. The molecule has 37 heavy (non-hydrogen) atoms. The van der Waals surface area contributed by atoms with Crippen molar-refractivity contribution in [3.8, 4) is 5.75 Å². The van der Waals surface area contributed by atoms with Crippen LogP contribution in [0.2, 0.25) is 5.02 Å². The Bertz CT molecular complexity index is 1230. The minimum atomic E-state index is -0.485. The predicted octanol–water partition coefficient (Wildman–Crippen LogP) is 3.40. The monoisotopic (exact) mass is 523 g/mol. The largest absolute Gasteiger partial charge is 0.478 e. The van der Waals surface area contributed by atoms with E-state index in [1.165, 1.54) is 6.20 Å². The summed E-state index contributed by atoms with van der Waals surface area (Å²) in [5.41, 5.74) is 7.04. The standard InChI is InChI=1S/C26H30ClN7O3/c1-34(2)24(29)17-4-6-18(7-5-17)25(35)32-22-10-9-20(37-16-30-13-3-12-28)14-21(22)26(36)33-23-11-8-19(27)15-31-23/h4-11,14-15,29-30H,3,12-13,16,28H2,1-2H3,(H,32,35)(H,31,33,36). The Labute approximate surface area is 220 Å². The maximum absolute atomic E-state index is 13.1. The molecule has 0 saturated heterocycles. The number of aromatic nitrogens is 1. The minimum absolute atomic E-state index is 0.190. The number of amides is 2. The number of benzene rings is 2. The Kier molecular flexibility index (Phi) is 9.96. The number of rotatable bonds is 11. The summed E-state index contributed by atoms with van der Waals surface area (Å²) < 4.78 is 5.71. The molecule has 0 radical (unpaired) electrons. The van der Waals surface area contributed by atoms with Crippen LogP contribution in [-0.2, 0) is 0 Å². The van der Waals surface area contributed by atoms with Crippen molar-refractivity contribution in [1.82, 2.24) is 15.2 Å². The molecular formula is C26H30ClN7O3. The first-order valence-electron chi connectivity index (χ1n) is 11.6. The molecule has 2 aromatic carbocycles. The molecule has 0 unspecified atom stereocenters. The first kappa shape index (κ1) is 27.6. The number of nitrogens with one attached hydrogen (secondary N) is 4. The molecule has 1 aromatic heterocycles. The molecule has 0 aliphatic heterocycles. The summed E-state index contributed by atoms with van der Waals surface area (Å²) in [5.74, 6) is 0.189. The van der Waals surface area contributed by atoms with Gasteiger partial charge in [0.05, 0.1) is 16.3 Å². The maximum Gasteiger partial charge on any atom is 0.259 e. The van der Waals surface area contributed by atoms with E-state index in [4.69, 9.17) is 27.5 Å². The second kappa shape index (κ2) is 13.4. The lowest BCUT2D eigenvalue weighted by Gasteiger charge is -2.15. The number of carbonyl (C=O) groups excluding carboxylic acids is 2. The van der Waals surface area contributed by atoms with Gasteiger partial charge in [-0.2, -0.15) is 0 Å². The molecule has 0 fully saturated rings. The zero-order valence-electron chi connectivity index (χ0n) is 20.7. The fourth-order valence-electron chi connectivity index (χ4n) is 3.21. The molecule has 194 valence electrons. The van der Waals surface area contributed by atoms with Gasteiger partial charge in [-0.25, -0.2) is 4.98 Å². The predicted molar refractivity (Wildman–Crippen MR) is 146 cm³/mol. The third-order valence-electron chi connectivity index (χ3n) is 5.22. The van der Waals surface area contributed by atoms with E-state index in [0.717, 1.165) is 6.42 Å². The van der Waals surface area contributed by atoms with E-state index in [0.29, 0.717) is 52.3 Å². The highest BCUT2D eigenvalue weighted by Crippen LogP contribution is 2.24. The number of carbonyl (C=O) groups is 2. The Morgan fingerprint density at radius 1 is 1.03 bits per heavy atom. The maximum atomic E-state index is 13.1. The van der Waals surface area contributed by atoms with Crippen LogP contribution in [0.5, 0.6) is 5.75 Å². The molecule has 0 aliphatic carbocycles. The highest BCUT2D eigenvalue weighted by Gasteiger charge is 2.17. The topological polar surface area (TPSA) is 145 Å². The third kappa shape index (κ3) is 8.01. The van der Waals surface area contributed by atoms with E-state index in [1.54, 1.807) is 73.6 Å². The average Bonchev–Trinajstić information content (AvgIpc) is 2.90. The molecule has 6 N–H and O–H groups in total. The zero-order valence-corrected chi connectivity index (χ0v) is 21.4. The molecule has 11 heteroatoms. The van der Waals surface area contributed by atoms with Crippen LogP contribution in [-0.4, -0.2) is 61.4 Å². The van der Waals surface area contributed by atoms with Gasteiger partial charge in [-0.3, -0.25) is 20.3 Å². The number of nitrogens with two attached hydrogens (primary N) is 1. The molecule has 0 saturated carbocycles. The van der Waals surface area contributed by atoms with E-state index >= 15 is 0 Å².